The van der Waals surface area contributed by atoms with Crippen LogP contribution in [-0.4, -0.2) is 11.7 Å². The molecule has 0 amide bonds. The average molecular weight is 234 g/mol. The first-order chi connectivity index (χ1) is 6.56. The second-order valence-corrected chi connectivity index (χ2v) is 4.17. The summed E-state index contributed by atoms with van der Waals surface area (Å²) in [5, 5.41) is 10.9. The van der Waals surface area contributed by atoms with Crippen molar-refractivity contribution in [1.29, 1.82) is 0 Å². The van der Waals surface area contributed by atoms with Crippen LogP contribution in [0.15, 0.2) is 18.2 Å². The molecular weight excluding hydrogens is 221 g/mol. The minimum atomic E-state index is -0.634. The maximum Gasteiger partial charge on any atom is 0.0841 e. The second kappa shape index (κ2) is 4.99. The summed E-state index contributed by atoms with van der Waals surface area (Å²) in [5.74, 6) is -0.0197. The Hall–Kier alpha value is -0.280. The molecule has 78 valence electrons. The van der Waals surface area contributed by atoms with Gasteiger partial charge < -0.3 is 10.8 Å². The van der Waals surface area contributed by atoms with Gasteiger partial charge in [-0.1, -0.05) is 36.2 Å². The molecule has 1 aromatic carbocycles. The maximum atomic E-state index is 9.85. The number of aliphatic hydroxyl groups is 1. The molecule has 2 atom stereocenters. The highest BCUT2D eigenvalue weighted by Crippen LogP contribution is 2.29. The Bertz CT molecular complexity index is 317. The van der Waals surface area contributed by atoms with E-state index in [1.54, 1.807) is 18.2 Å². The Morgan fingerprint density at radius 1 is 1.43 bits per heavy atom. The summed E-state index contributed by atoms with van der Waals surface area (Å²) in [6.07, 6.45) is -0.634. The summed E-state index contributed by atoms with van der Waals surface area (Å²) in [7, 11) is 0. The lowest BCUT2D eigenvalue weighted by molar-refractivity contribution is 0.122. The molecule has 1 aromatic rings. The van der Waals surface area contributed by atoms with E-state index in [0.717, 1.165) is 0 Å². The van der Waals surface area contributed by atoms with Crippen molar-refractivity contribution in [2.45, 2.75) is 13.0 Å². The molecular formula is C10H13Cl2NO. The number of hydrogen-bond acceptors (Lipinski definition) is 2. The number of halogens is 2. The Kier molecular flexibility index (Phi) is 4.20. The highest BCUT2D eigenvalue weighted by atomic mass is 35.5. The maximum absolute atomic E-state index is 9.85. The molecule has 0 bridgehead atoms. The summed E-state index contributed by atoms with van der Waals surface area (Å²) in [6, 6.07) is 5.04. The molecule has 0 spiro atoms. The lowest BCUT2D eigenvalue weighted by atomic mass is 9.98. The fraction of sp³-hybridized carbons (Fsp3) is 0.400. The summed E-state index contributed by atoms with van der Waals surface area (Å²) < 4.78 is 0. The highest BCUT2D eigenvalue weighted by molar-refractivity contribution is 6.35. The molecule has 0 saturated heterocycles. The Labute approximate surface area is 93.6 Å². The van der Waals surface area contributed by atoms with Gasteiger partial charge in [-0.25, -0.2) is 0 Å². The minimum Gasteiger partial charge on any atom is -0.388 e. The van der Waals surface area contributed by atoms with Crippen LogP contribution in [0.1, 0.15) is 18.6 Å². The Morgan fingerprint density at radius 3 is 2.57 bits per heavy atom. The van der Waals surface area contributed by atoms with E-state index in [2.05, 4.69) is 0 Å². The average Bonchev–Trinajstić information content (AvgIpc) is 2.15. The number of aliphatic hydroxyl groups excluding tert-OH is 1. The number of nitrogens with two attached hydrogens (primary N) is 1. The monoisotopic (exact) mass is 233 g/mol. The lowest BCUT2D eigenvalue weighted by Gasteiger charge is -2.18. The summed E-state index contributed by atoms with van der Waals surface area (Å²) >= 11 is 11.7. The fourth-order valence-corrected chi connectivity index (χ4v) is 1.70. The van der Waals surface area contributed by atoms with Gasteiger partial charge in [-0.3, -0.25) is 0 Å². The van der Waals surface area contributed by atoms with Crippen LogP contribution in [0.25, 0.3) is 0 Å². The first-order valence-electron chi connectivity index (χ1n) is 4.39. The fourth-order valence-electron chi connectivity index (χ4n) is 1.18. The highest BCUT2D eigenvalue weighted by Gasteiger charge is 2.17. The van der Waals surface area contributed by atoms with Crippen LogP contribution in [0.2, 0.25) is 10.0 Å². The van der Waals surface area contributed by atoms with E-state index < -0.39 is 6.10 Å². The topological polar surface area (TPSA) is 46.2 Å². The molecule has 0 fully saturated rings. The first kappa shape index (κ1) is 11.8. The third-order valence-electron chi connectivity index (χ3n) is 2.19. The van der Waals surface area contributed by atoms with Crippen molar-refractivity contribution in [2.75, 3.05) is 6.54 Å². The largest absolute Gasteiger partial charge is 0.388 e. The molecule has 0 radical (unpaired) electrons. The quantitative estimate of drug-likeness (QED) is 0.844. The zero-order chi connectivity index (χ0) is 10.7. The van der Waals surface area contributed by atoms with Crippen LogP contribution >= 0.6 is 23.2 Å². The third-order valence-corrected chi connectivity index (χ3v) is 2.75. The van der Waals surface area contributed by atoms with Gasteiger partial charge in [0.1, 0.15) is 0 Å². The van der Waals surface area contributed by atoms with Crippen molar-refractivity contribution in [3.63, 3.8) is 0 Å². The molecule has 0 aromatic heterocycles. The molecule has 2 unspecified atom stereocenters. The minimum absolute atomic E-state index is 0.0197. The molecule has 4 heteroatoms. The summed E-state index contributed by atoms with van der Waals surface area (Å²) in [5.41, 5.74) is 6.14. The van der Waals surface area contributed by atoms with Crippen LogP contribution in [-0.2, 0) is 0 Å². The normalized spacial score (nSPS) is 15.2. The van der Waals surface area contributed by atoms with E-state index in [4.69, 9.17) is 28.9 Å². The van der Waals surface area contributed by atoms with Crippen molar-refractivity contribution in [2.24, 2.45) is 11.7 Å². The molecule has 14 heavy (non-hydrogen) atoms. The van der Waals surface area contributed by atoms with Crippen molar-refractivity contribution >= 4 is 23.2 Å². The predicted octanol–water partition coefficient (Wildman–Crippen LogP) is 2.62. The molecule has 2 nitrogen and oxygen atoms in total. The van der Waals surface area contributed by atoms with Gasteiger partial charge in [-0.05, 0) is 30.2 Å². The van der Waals surface area contributed by atoms with Gasteiger partial charge in [-0.15, -0.1) is 0 Å². The van der Waals surface area contributed by atoms with Gasteiger partial charge in [0.15, 0.2) is 0 Å². The van der Waals surface area contributed by atoms with Crippen molar-refractivity contribution in [1.82, 2.24) is 0 Å². The molecule has 0 aliphatic carbocycles. The Balaban J connectivity index is 2.95. The van der Waals surface area contributed by atoms with Gasteiger partial charge >= 0.3 is 0 Å². The van der Waals surface area contributed by atoms with Gasteiger partial charge in [0.2, 0.25) is 0 Å². The Morgan fingerprint density at radius 2 is 2.07 bits per heavy atom. The number of hydrogen-bond donors (Lipinski definition) is 2. The van der Waals surface area contributed by atoms with E-state index in [1.807, 2.05) is 6.92 Å². The first-order valence-corrected chi connectivity index (χ1v) is 5.15. The van der Waals surface area contributed by atoms with Crippen LogP contribution in [0.5, 0.6) is 0 Å². The van der Waals surface area contributed by atoms with Crippen LogP contribution in [0.4, 0.5) is 0 Å². The molecule has 0 heterocycles. The smallest absolute Gasteiger partial charge is 0.0841 e. The van der Waals surface area contributed by atoms with Gasteiger partial charge in [0, 0.05) is 10.0 Å². The van der Waals surface area contributed by atoms with Crippen LogP contribution in [0, 0.1) is 5.92 Å². The molecule has 3 N–H and O–H groups in total. The molecule has 0 aliphatic rings. The van der Waals surface area contributed by atoms with E-state index >= 15 is 0 Å². The van der Waals surface area contributed by atoms with Gasteiger partial charge in [0.05, 0.1) is 6.10 Å². The van der Waals surface area contributed by atoms with Crippen LogP contribution in [0.3, 0.4) is 0 Å². The van der Waals surface area contributed by atoms with E-state index in [9.17, 15) is 5.11 Å². The van der Waals surface area contributed by atoms with Gasteiger partial charge in [0.25, 0.3) is 0 Å². The van der Waals surface area contributed by atoms with Crippen molar-refractivity contribution < 1.29 is 5.11 Å². The second-order valence-electron chi connectivity index (χ2n) is 3.32. The number of rotatable bonds is 3. The summed E-state index contributed by atoms with van der Waals surface area (Å²) in [6.45, 7) is 2.29. The zero-order valence-electron chi connectivity index (χ0n) is 7.87. The SMILES string of the molecule is CC(CN)C(O)c1ccc(Cl)cc1Cl. The molecule has 0 aliphatic heterocycles. The van der Waals surface area contributed by atoms with E-state index in [-0.39, 0.29) is 5.92 Å². The standard InChI is InChI=1S/C10H13Cl2NO/c1-6(5-13)10(14)8-3-2-7(11)4-9(8)12/h2-4,6,10,14H,5,13H2,1H3. The number of benzene rings is 1. The lowest BCUT2D eigenvalue weighted by Crippen LogP contribution is -2.19. The molecule has 0 saturated carbocycles. The van der Waals surface area contributed by atoms with Crippen molar-refractivity contribution in [3.05, 3.63) is 33.8 Å². The predicted molar refractivity (Wildman–Crippen MR) is 59.6 cm³/mol. The summed E-state index contributed by atoms with van der Waals surface area (Å²) in [4.78, 5) is 0. The van der Waals surface area contributed by atoms with Crippen LogP contribution < -0.4 is 5.73 Å². The zero-order valence-corrected chi connectivity index (χ0v) is 9.39. The van der Waals surface area contributed by atoms with E-state index in [0.29, 0.717) is 22.2 Å². The van der Waals surface area contributed by atoms with E-state index in [1.165, 1.54) is 0 Å². The third kappa shape index (κ3) is 2.61. The molecule has 1 rings (SSSR count). The van der Waals surface area contributed by atoms with Crippen molar-refractivity contribution in [3.8, 4) is 0 Å². The van der Waals surface area contributed by atoms with Gasteiger partial charge in [-0.2, -0.15) is 0 Å².